The summed E-state index contributed by atoms with van der Waals surface area (Å²) in [5, 5.41) is 0. The second-order valence-corrected chi connectivity index (χ2v) is 5.97. The van der Waals surface area contributed by atoms with Crippen LogP contribution >= 0.6 is 0 Å². The number of hydrogen-bond acceptors (Lipinski definition) is 8. The van der Waals surface area contributed by atoms with Crippen molar-refractivity contribution in [3.05, 3.63) is 54.6 Å². The molecule has 29 heavy (non-hydrogen) atoms. The van der Waals surface area contributed by atoms with E-state index >= 15 is 0 Å². The lowest BCUT2D eigenvalue weighted by Crippen LogP contribution is -2.22. The van der Waals surface area contributed by atoms with E-state index in [-0.39, 0.29) is 17.9 Å². The Kier molecular flexibility index (Phi) is 6.36. The van der Waals surface area contributed by atoms with Crippen molar-refractivity contribution in [2.45, 2.75) is 20.3 Å². The summed E-state index contributed by atoms with van der Waals surface area (Å²) in [5.74, 6) is 0.615. The molecule has 0 spiro atoms. The Balaban J connectivity index is 1.53. The van der Waals surface area contributed by atoms with Crippen molar-refractivity contribution in [1.82, 2.24) is 0 Å². The molecule has 0 aromatic heterocycles. The fourth-order valence-corrected chi connectivity index (χ4v) is 2.31. The Hall–Kier alpha value is -3.52. The zero-order chi connectivity index (χ0) is 20.8. The van der Waals surface area contributed by atoms with Gasteiger partial charge in [-0.2, -0.15) is 0 Å². The molecule has 1 unspecified atom stereocenters. The highest BCUT2D eigenvalue weighted by Crippen LogP contribution is 2.42. The Bertz CT molecular complexity index is 903. The topological polar surface area (TPSA) is 89.5 Å². The summed E-state index contributed by atoms with van der Waals surface area (Å²) in [6.45, 7) is 6.11. The number of fused-ring (bicyclic) bond motifs is 1. The maximum absolute atomic E-state index is 12.1. The van der Waals surface area contributed by atoms with Crippen molar-refractivity contribution in [2.75, 3.05) is 13.2 Å². The second-order valence-electron chi connectivity index (χ2n) is 5.97. The van der Waals surface area contributed by atoms with E-state index in [4.69, 9.17) is 28.4 Å². The molecule has 1 aliphatic heterocycles. The molecule has 0 bridgehead atoms. The molecule has 2 aromatic carbocycles. The normalized spacial score (nSPS) is 14.2. The molecule has 8 nitrogen and oxygen atoms in total. The monoisotopic (exact) mass is 400 g/mol. The van der Waals surface area contributed by atoms with Crippen LogP contribution < -0.4 is 23.7 Å². The van der Waals surface area contributed by atoms with Crippen LogP contribution in [0.3, 0.4) is 0 Å². The first kappa shape index (κ1) is 20.2. The van der Waals surface area contributed by atoms with Gasteiger partial charge in [0.05, 0.1) is 6.61 Å². The maximum Gasteiger partial charge on any atom is 0.361 e. The minimum atomic E-state index is -0.843. The van der Waals surface area contributed by atoms with Crippen molar-refractivity contribution in [3.63, 3.8) is 0 Å². The summed E-state index contributed by atoms with van der Waals surface area (Å²) >= 11 is 0. The molecule has 0 saturated carbocycles. The van der Waals surface area contributed by atoms with E-state index in [9.17, 15) is 9.59 Å². The van der Waals surface area contributed by atoms with E-state index in [1.807, 2.05) is 6.92 Å². The molecule has 2 aromatic rings. The Labute approximate surface area is 167 Å². The zero-order valence-electron chi connectivity index (χ0n) is 16.0. The summed E-state index contributed by atoms with van der Waals surface area (Å²) in [7, 11) is 0. The summed E-state index contributed by atoms with van der Waals surface area (Å²) in [5.41, 5.74) is 0.284. The molecule has 0 aliphatic carbocycles. The third-order valence-corrected chi connectivity index (χ3v) is 3.64. The van der Waals surface area contributed by atoms with Gasteiger partial charge < -0.3 is 28.4 Å². The van der Waals surface area contributed by atoms with E-state index in [1.54, 1.807) is 25.1 Å². The van der Waals surface area contributed by atoms with Crippen molar-refractivity contribution >= 4 is 11.9 Å². The quantitative estimate of drug-likeness (QED) is 0.379. The van der Waals surface area contributed by atoms with E-state index in [0.29, 0.717) is 29.6 Å². The number of carbonyl (C=O) groups is 2. The molecule has 0 N–H and O–H groups in total. The molecule has 0 radical (unpaired) electrons. The van der Waals surface area contributed by atoms with Crippen LogP contribution in [0, 0.1) is 0 Å². The first-order chi connectivity index (χ1) is 14.0. The van der Waals surface area contributed by atoms with Gasteiger partial charge in [-0.25, -0.2) is 9.59 Å². The fraction of sp³-hybridized carbons (Fsp3) is 0.238. The number of rotatable bonds is 8. The highest BCUT2D eigenvalue weighted by Gasteiger charge is 2.28. The molecule has 1 aliphatic rings. The predicted octanol–water partition coefficient (Wildman–Crippen LogP) is 3.24. The highest BCUT2D eigenvalue weighted by molar-refractivity contribution is 5.88. The second kappa shape index (κ2) is 9.11. The third-order valence-electron chi connectivity index (χ3n) is 3.64. The van der Waals surface area contributed by atoms with Gasteiger partial charge in [0.25, 0.3) is 0 Å². The molecular weight excluding hydrogens is 380 g/mol. The van der Waals surface area contributed by atoms with Crippen molar-refractivity contribution in [3.8, 4) is 28.7 Å². The van der Waals surface area contributed by atoms with Gasteiger partial charge in [-0.05, 0) is 50.2 Å². The summed E-state index contributed by atoms with van der Waals surface area (Å²) < 4.78 is 32.0. The Morgan fingerprint density at radius 2 is 1.72 bits per heavy atom. The molecule has 8 heteroatoms. The van der Waals surface area contributed by atoms with E-state index in [2.05, 4.69) is 6.58 Å². The van der Waals surface area contributed by atoms with Gasteiger partial charge in [0, 0.05) is 5.57 Å². The van der Waals surface area contributed by atoms with E-state index in [0.717, 1.165) is 0 Å². The third kappa shape index (κ3) is 5.26. The molecule has 0 saturated heterocycles. The zero-order valence-corrected chi connectivity index (χ0v) is 16.0. The van der Waals surface area contributed by atoms with Gasteiger partial charge >= 0.3 is 18.4 Å². The maximum atomic E-state index is 12.1. The lowest BCUT2D eigenvalue weighted by Gasteiger charge is -2.10. The predicted molar refractivity (Wildman–Crippen MR) is 101 cm³/mol. The number of para-hydroxylation sites is 1. The molecule has 1 heterocycles. The average Bonchev–Trinajstić information content (AvgIpc) is 3.11. The van der Waals surface area contributed by atoms with Gasteiger partial charge in [-0.1, -0.05) is 12.6 Å². The molecule has 0 amide bonds. The van der Waals surface area contributed by atoms with Crippen LogP contribution in [0.2, 0.25) is 0 Å². The SMILES string of the molecule is C=C(C)C(=O)Oc1ccc(OC(=O)COc2cccc3c2OC(OCC)O3)cc1. The van der Waals surface area contributed by atoms with Crippen LogP contribution in [0.25, 0.3) is 0 Å². The summed E-state index contributed by atoms with van der Waals surface area (Å²) in [4.78, 5) is 23.5. The average molecular weight is 400 g/mol. The number of carbonyl (C=O) groups excluding carboxylic acids is 2. The Morgan fingerprint density at radius 3 is 2.38 bits per heavy atom. The van der Waals surface area contributed by atoms with Gasteiger partial charge in [0.15, 0.2) is 18.1 Å². The smallest absolute Gasteiger partial charge is 0.361 e. The number of benzene rings is 2. The lowest BCUT2D eigenvalue weighted by molar-refractivity contribution is -0.173. The van der Waals surface area contributed by atoms with Gasteiger partial charge in [0.1, 0.15) is 11.5 Å². The molecule has 152 valence electrons. The molecule has 1 atom stereocenters. The van der Waals surface area contributed by atoms with Gasteiger partial charge in [0.2, 0.25) is 5.75 Å². The van der Waals surface area contributed by atoms with Crippen LogP contribution in [0.15, 0.2) is 54.6 Å². The van der Waals surface area contributed by atoms with Crippen molar-refractivity contribution in [2.24, 2.45) is 0 Å². The molecule has 0 fully saturated rings. The standard InChI is InChI=1S/C21H20O8/c1-4-24-21-28-17-7-5-6-16(19(17)29-21)25-12-18(22)26-14-8-10-15(11-9-14)27-20(23)13(2)3/h5-11,21H,2,4,12H2,1,3H3. The van der Waals surface area contributed by atoms with Gasteiger partial charge in [-0.15, -0.1) is 0 Å². The van der Waals surface area contributed by atoms with Gasteiger partial charge in [-0.3, -0.25) is 0 Å². The van der Waals surface area contributed by atoms with Crippen LogP contribution in [0.4, 0.5) is 0 Å². The van der Waals surface area contributed by atoms with Crippen LogP contribution in [0.5, 0.6) is 28.7 Å². The number of ether oxygens (including phenoxy) is 6. The van der Waals surface area contributed by atoms with E-state index in [1.165, 1.54) is 24.3 Å². The van der Waals surface area contributed by atoms with Crippen molar-refractivity contribution < 1.29 is 38.0 Å². The Morgan fingerprint density at radius 1 is 1.03 bits per heavy atom. The highest BCUT2D eigenvalue weighted by atomic mass is 16.9. The van der Waals surface area contributed by atoms with E-state index < -0.39 is 18.4 Å². The molecular formula is C21H20O8. The summed E-state index contributed by atoms with van der Waals surface area (Å²) in [6.07, 6.45) is 0. The number of hydrogen-bond donors (Lipinski definition) is 0. The largest absolute Gasteiger partial charge is 0.478 e. The molecule has 3 rings (SSSR count). The minimum absolute atomic E-state index is 0.281. The first-order valence-electron chi connectivity index (χ1n) is 8.85. The van der Waals surface area contributed by atoms with Crippen LogP contribution in [-0.4, -0.2) is 31.6 Å². The fourth-order valence-electron chi connectivity index (χ4n) is 2.31. The minimum Gasteiger partial charge on any atom is -0.478 e. The first-order valence-corrected chi connectivity index (χ1v) is 8.85. The van der Waals surface area contributed by atoms with Crippen molar-refractivity contribution in [1.29, 1.82) is 0 Å². The van der Waals surface area contributed by atoms with Crippen LogP contribution in [0.1, 0.15) is 13.8 Å². The van der Waals surface area contributed by atoms with Crippen LogP contribution in [-0.2, 0) is 14.3 Å². The summed E-state index contributed by atoms with van der Waals surface area (Å²) in [6, 6.07) is 11.1. The number of esters is 2. The lowest BCUT2D eigenvalue weighted by atomic mass is 10.3.